The maximum absolute atomic E-state index is 12.1. The Kier molecular flexibility index (Phi) is 5.47. The summed E-state index contributed by atoms with van der Waals surface area (Å²) in [5.41, 5.74) is 3.18. The van der Waals surface area contributed by atoms with Crippen LogP contribution >= 0.6 is 0 Å². The Morgan fingerprint density at radius 2 is 1.95 bits per heavy atom. The van der Waals surface area contributed by atoms with Crippen LogP contribution in [0.1, 0.15) is 41.5 Å². The number of aryl methyl sites for hydroxylation is 2. The summed E-state index contributed by atoms with van der Waals surface area (Å²) in [5, 5.41) is 6.05. The highest BCUT2D eigenvalue weighted by atomic mass is 16.1. The number of rotatable bonds is 6. The normalized spacial score (nSPS) is 10.3. The highest BCUT2D eigenvalue weighted by Gasteiger charge is 2.10. The third-order valence-corrected chi connectivity index (χ3v) is 3.29. The number of hydrogen-bond donors (Lipinski definition) is 2. The van der Waals surface area contributed by atoms with Crippen molar-refractivity contribution in [2.45, 2.75) is 33.6 Å². The molecule has 0 saturated heterocycles. The lowest BCUT2D eigenvalue weighted by molar-refractivity contribution is 0.0948. The molecule has 0 aliphatic carbocycles. The smallest absolute Gasteiger partial charge is 0.270 e. The molecule has 0 unspecified atom stereocenters. The zero-order chi connectivity index (χ0) is 15.9. The fourth-order valence-electron chi connectivity index (χ4n) is 2.04. The van der Waals surface area contributed by atoms with Crippen LogP contribution in [0.25, 0.3) is 0 Å². The predicted molar refractivity (Wildman–Crippen MR) is 88.5 cm³/mol. The van der Waals surface area contributed by atoms with Gasteiger partial charge in [-0.05, 0) is 38.0 Å². The van der Waals surface area contributed by atoms with Crippen LogP contribution in [0.5, 0.6) is 0 Å². The maximum Gasteiger partial charge on any atom is 0.270 e. The Balaban J connectivity index is 2.16. The molecule has 0 aliphatic heterocycles. The van der Waals surface area contributed by atoms with Gasteiger partial charge < -0.3 is 10.6 Å². The van der Waals surface area contributed by atoms with Gasteiger partial charge in [-0.3, -0.25) is 4.79 Å². The molecule has 2 rings (SSSR count). The molecule has 0 bridgehead atoms. The Morgan fingerprint density at radius 3 is 2.68 bits per heavy atom. The number of amides is 1. The molecule has 1 amide bonds. The molecule has 0 fully saturated rings. The second-order valence-corrected chi connectivity index (χ2v) is 5.27. The number of para-hydroxylation sites is 1. The van der Waals surface area contributed by atoms with Crippen LogP contribution in [0, 0.1) is 13.8 Å². The second-order valence-electron chi connectivity index (χ2n) is 5.27. The molecule has 1 aromatic carbocycles. The molecule has 2 N–H and O–H groups in total. The van der Waals surface area contributed by atoms with Crippen LogP contribution in [0.2, 0.25) is 0 Å². The van der Waals surface area contributed by atoms with Crippen molar-refractivity contribution < 1.29 is 4.79 Å². The number of aromatic nitrogens is 2. The predicted octanol–water partition coefficient (Wildman–Crippen LogP) is 3.37. The summed E-state index contributed by atoms with van der Waals surface area (Å²) in [6, 6.07) is 9.59. The molecule has 22 heavy (non-hydrogen) atoms. The third kappa shape index (κ3) is 4.28. The quantitative estimate of drug-likeness (QED) is 0.802. The molecule has 2 aromatic rings. The summed E-state index contributed by atoms with van der Waals surface area (Å²) in [6.07, 6.45) is 2.01. The van der Waals surface area contributed by atoms with E-state index in [0.717, 1.165) is 29.8 Å². The average molecular weight is 298 g/mol. The molecular weight excluding hydrogens is 276 g/mol. The second kappa shape index (κ2) is 7.54. The number of unbranched alkanes of at least 4 members (excludes halogenated alkanes) is 1. The Hall–Kier alpha value is -2.43. The molecule has 1 aromatic heterocycles. The molecule has 0 radical (unpaired) electrons. The van der Waals surface area contributed by atoms with Crippen LogP contribution in [0.15, 0.2) is 30.3 Å². The lowest BCUT2D eigenvalue weighted by atomic mass is 10.2. The van der Waals surface area contributed by atoms with Gasteiger partial charge in [0.1, 0.15) is 5.69 Å². The zero-order valence-electron chi connectivity index (χ0n) is 13.3. The van der Waals surface area contributed by atoms with Gasteiger partial charge in [-0.15, -0.1) is 0 Å². The molecule has 1 heterocycles. The van der Waals surface area contributed by atoms with E-state index in [-0.39, 0.29) is 5.91 Å². The van der Waals surface area contributed by atoms with Gasteiger partial charge in [0.2, 0.25) is 5.95 Å². The molecule has 5 nitrogen and oxygen atoms in total. The van der Waals surface area contributed by atoms with Crippen molar-refractivity contribution in [2.75, 3.05) is 11.9 Å². The first-order valence-corrected chi connectivity index (χ1v) is 7.56. The first-order chi connectivity index (χ1) is 10.6. The summed E-state index contributed by atoms with van der Waals surface area (Å²) in [6.45, 7) is 6.62. The fourth-order valence-corrected chi connectivity index (χ4v) is 2.04. The Morgan fingerprint density at radius 1 is 1.18 bits per heavy atom. The number of carbonyl (C=O) groups is 1. The van der Waals surface area contributed by atoms with Crippen molar-refractivity contribution in [3.8, 4) is 0 Å². The molecule has 0 spiro atoms. The maximum atomic E-state index is 12.1. The Bertz CT molecular complexity index is 655. The van der Waals surface area contributed by atoms with Gasteiger partial charge in [-0.1, -0.05) is 31.5 Å². The molecule has 0 atom stereocenters. The number of nitrogens with one attached hydrogen (secondary N) is 2. The van der Waals surface area contributed by atoms with Crippen molar-refractivity contribution in [1.29, 1.82) is 0 Å². The molecule has 5 heteroatoms. The van der Waals surface area contributed by atoms with E-state index >= 15 is 0 Å². The van der Waals surface area contributed by atoms with E-state index in [2.05, 4.69) is 27.5 Å². The SMILES string of the molecule is CCCCNC(=O)c1cc(C)nc(Nc2ccccc2C)n1. The average Bonchev–Trinajstić information content (AvgIpc) is 2.49. The minimum absolute atomic E-state index is 0.160. The number of nitrogens with zero attached hydrogens (tertiary/aromatic N) is 2. The first-order valence-electron chi connectivity index (χ1n) is 7.56. The highest BCUT2D eigenvalue weighted by Crippen LogP contribution is 2.17. The monoisotopic (exact) mass is 298 g/mol. The minimum Gasteiger partial charge on any atom is -0.351 e. The van der Waals surface area contributed by atoms with E-state index in [1.54, 1.807) is 6.07 Å². The largest absolute Gasteiger partial charge is 0.351 e. The molecule has 0 aliphatic rings. The van der Waals surface area contributed by atoms with E-state index in [9.17, 15) is 4.79 Å². The van der Waals surface area contributed by atoms with Crippen LogP contribution < -0.4 is 10.6 Å². The summed E-state index contributed by atoms with van der Waals surface area (Å²) in [5.74, 6) is 0.279. The van der Waals surface area contributed by atoms with Gasteiger partial charge in [0.25, 0.3) is 5.91 Å². The van der Waals surface area contributed by atoms with Gasteiger partial charge in [0.15, 0.2) is 0 Å². The standard InChI is InChI=1S/C17H22N4O/c1-4-5-10-18-16(22)15-11-13(3)19-17(21-15)20-14-9-7-6-8-12(14)2/h6-9,11H,4-5,10H2,1-3H3,(H,18,22)(H,19,20,21). The molecule has 0 saturated carbocycles. The van der Waals surface area contributed by atoms with Gasteiger partial charge in [-0.25, -0.2) is 9.97 Å². The van der Waals surface area contributed by atoms with Crippen molar-refractivity contribution in [1.82, 2.24) is 15.3 Å². The number of benzene rings is 1. The molecular formula is C17H22N4O. The van der Waals surface area contributed by atoms with E-state index in [1.807, 2.05) is 38.1 Å². The van der Waals surface area contributed by atoms with Crippen LogP contribution in [-0.4, -0.2) is 22.4 Å². The molecule has 116 valence electrons. The van der Waals surface area contributed by atoms with Crippen molar-refractivity contribution in [3.63, 3.8) is 0 Å². The van der Waals surface area contributed by atoms with Gasteiger partial charge in [0, 0.05) is 17.9 Å². The summed E-state index contributed by atoms with van der Waals surface area (Å²) in [7, 11) is 0. The fraction of sp³-hybridized carbons (Fsp3) is 0.353. The van der Waals surface area contributed by atoms with Gasteiger partial charge >= 0.3 is 0 Å². The number of carbonyl (C=O) groups excluding carboxylic acids is 1. The number of anilines is 2. The van der Waals surface area contributed by atoms with Crippen molar-refractivity contribution in [2.24, 2.45) is 0 Å². The third-order valence-electron chi connectivity index (χ3n) is 3.29. The first kappa shape index (κ1) is 15.9. The van der Waals surface area contributed by atoms with Crippen LogP contribution in [0.3, 0.4) is 0 Å². The lowest BCUT2D eigenvalue weighted by Gasteiger charge is -2.10. The minimum atomic E-state index is -0.160. The van der Waals surface area contributed by atoms with E-state index in [1.165, 1.54) is 0 Å². The van der Waals surface area contributed by atoms with Gasteiger partial charge in [0.05, 0.1) is 0 Å². The summed E-state index contributed by atoms with van der Waals surface area (Å²) in [4.78, 5) is 20.8. The number of hydrogen-bond acceptors (Lipinski definition) is 4. The van der Waals surface area contributed by atoms with Crippen LogP contribution in [-0.2, 0) is 0 Å². The summed E-state index contributed by atoms with van der Waals surface area (Å²) < 4.78 is 0. The topological polar surface area (TPSA) is 66.9 Å². The van der Waals surface area contributed by atoms with E-state index in [4.69, 9.17) is 0 Å². The Labute approximate surface area is 131 Å². The van der Waals surface area contributed by atoms with E-state index in [0.29, 0.717) is 18.2 Å². The van der Waals surface area contributed by atoms with Crippen molar-refractivity contribution >= 4 is 17.5 Å². The lowest BCUT2D eigenvalue weighted by Crippen LogP contribution is -2.25. The zero-order valence-corrected chi connectivity index (χ0v) is 13.3. The van der Waals surface area contributed by atoms with Crippen LogP contribution in [0.4, 0.5) is 11.6 Å². The highest BCUT2D eigenvalue weighted by molar-refractivity contribution is 5.92. The van der Waals surface area contributed by atoms with E-state index < -0.39 is 0 Å². The van der Waals surface area contributed by atoms with Crippen molar-refractivity contribution in [3.05, 3.63) is 47.3 Å². The van der Waals surface area contributed by atoms with Gasteiger partial charge in [-0.2, -0.15) is 0 Å². The summed E-state index contributed by atoms with van der Waals surface area (Å²) >= 11 is 0.